The monoisotopic (exact) mass is 543 g/mol. The molecule has 10 nitrogen and oxygen atoms in total. The Balaban J connectivity index is 1.66. The van der Waals surface area contributed by atoms with E-state index in [1.807, 2.05) is 24.3 Å². The highest BCUT2D eigenvalue weighted by molar-refractivity contribution is 7.86. The molecule has 0 unspecified atom stereocenters. The number of rotatable bonds is 8. The van der Waals surface area contributed by atoms with Gasteiger partial charge in [0.15, 0.2) is 0 Å². The van der Waals surface area contributed by atoms with Crippen LogP contribution in [0.5, 0.6) is 5.75 Å². The Morgan fingerprint density at radius 2 is 1.61 bits per heavy atom. The van der Waals surface area contributed by atoms with Crippen molar-refractivity contribution in [3.8, 4) is 22.9 Å². The van der Waals surface area contributed by atoms with Crippen molar-refractivity contribution in [1.82, 2.24) is 10.6 Å². The van der Waals surface area contributed by atoms with Gasteiger partial charge in [0.25, 0.3) is 0 Å². The molecule has 3 rings (SSSR count). The van der Waals surface area contributed by atoms with Crippen molar-refractivity contribution in [2.24, 2.45) is 0 Å². The van der Waals surface area contributed by atoms with Gasteiger partial charge in [-0.1, -0.05) is 36.4 Å². The number of ether oxygens (including phenoxy) is 2. The highest BCUT2D eigenvalue weighted by Crippen LogP contribution is 2.25. The first-order chi connectivity index (χ1) is 17.8. The van der Waals surface area contributed by atoms with Gasteiger partial charge in [-0.25, -0.2) is 4.79 Å². The molecule has 1 aliphatic heterocycles. The molecule has 0 aromatic heterocycles. The van der Waals surface area contributed by atoms with Gasteiger partial charge < -0.3 is 24.3 Å². The zero-order valence-electron chi connectivity index (χ0n) is 21.9. The van der Waals surface area contributed by atoms with Gasteiger partial charge in [-0.3, -0.25) is 4.79 Å². The lowest BCUT2D eigenvalue weighted by Crippen LogP contribution is -2.63. The SMILES string of the molecule is CC(C)(C)OC(=O)NC1(C(=O)N[C@H](C#N)Cc2ccc(-c3ccc(OS(C)(=O)=O)cc3)cc2)CCOCC1. The van der Waals surface area contributed by atoms with Crippen molar-refractivity contribution in [2.45, 2.75) is 57.2 Å². The molecule has 2 amide bonds. The first-order valence-electron chi connectivity index (χ1n) is 12.2. The number of carbonyl (C=O) groups excluding carboxylic acids is 2. The molecular formula is C27H33N3O7S. The highest BCUT2D eigenvalue weighted by Gasteiger charge is 2.43. The van der Waals surface area contributed by atoms with Crippen LogP contribution >= 0.6 is 0 Å². The molecule has 1 aliphatic rings. The molecule has 204 valence electrons. The molecule has 0 spiro atoms. The van der Waals surface area contributed by atoms with E-state index in [-0.39, 0.29) is 25.0 Å². The number of alkyl carbamates (subject to hydrolysis) is 1. The molecule has 2 N–H and O–H groups in total. The minimum absolute atomic E-state index is 0.226. The lowest BCUT2D eigenvalue weighted by Gasteiger charge is -2.37. The van der Waals surface area contributed by atoms with Gasteiger partial charge in [0.1, 0.15) is 22.9 Å². The van der Waals surface area contributed by atoms with Crippen LogP contribution in [0.3, 0.4) is 0 Å². The second-order valence-corrected chi connectivity index (χ2v) is 11.8. The number of nitriles is 1. The molecule has 11 heteroatoms. The Kier molecular flexibility index (Phi) is 9.01. The Morgan fingerprint density at radius 1 is 1.05 bits per heavy atom. The summed E-state index contributed by atoms with van der Waals surface area (Å²) in [6.07, 6.45) is 1.08. The topological polar surface area (TPSA) is 144 Å². The summed E-state index contributed by atoms with van der Waals surface area (Å²) in [6.45, 7) is 5.81. The van der Waals surface area contributed by atoms with Crippen molar-refractivity contribution in [3.05, 3.63) is 54.1 Å². The van der Waals surface area contributed by atoms with Crippen LogP contribution in [-0.4, -0.2) is 57.1 Å². The number of amides is 2. The van der Waals surface area contributed by atoms with E-state index in [1.54, 1.807) is 45.0 Å². The number of hydrogen-bond donors (Lipinski definition) is 2. The molecular weight excluding hydrogens is 510 g/mol. The average Bonchev–Trinajstić information content (AvgIpc) is 2.83. The van der Waals surface area contributed by atoms with E-state index in [0.717, 1.165) is 22.9 Å². The molecule has 0 bridgehead atoms. The summed E-state index contributed by atoms with van der Waals surface area (Å²) in [5.74, 6) is -0.227. The van der Waals surface area contributed by atoms with E-state index in [0.29, 0.717) is 13.2 Å². The van der Waals surface area contributed by atoms with E-state index >= 15 is 0 Å². The first-order valence-corrected chi connectivity index (χ1v) is 14.0. The zero-order chi connectivity index (χ0) is 28.0. The summed E-state index contributed by atoms with van der Waals surface area (Å²) in [6, 6.07) is 15.4. The smallest absolute Gasteiger partial charge is 0.408 e. The maximum atomic E-state index is 13.3. The maximum absolute atomic E-state index is 13.3. The van der Waals surface area contributed by atoms with Gasteiger partial charge in [0, 0.05) is 32.5 Å². The van der Waals surface area contributed by atoms with Crippen LogP contribution < -0.4 is 14.8 Å². The van der Waals surface area contributed by atoms with Crippen LogP contribution in [0.4, 0.5) is 4.79 Å². The van der Waals surface area contributed by atoms with Crippen LogP contribution in [-0.2, 0) is 30.8 Å². The fraction of sp³-hybridized carbons (Fsp3) is 0.444. The van der Waals surface area contributed by atoms with Crippen molar-refractivity contribution in [1.29, 1.82) is 5.26 Å². The summed E-state index contributed by atoms with van der Waals surface area (Å²) >= 11 is 0. The van der Waals surface area contributed by atoms with E-state index in [4.69, 9.17) is 13.7 Å². The third kappa shape index (κ3) is 8.46. The van der Waals surface area contributed by atoms with E-state index in [1.165, 1.54) is 0 Å². The molecule has 1 heterocycles. The third-order valence-corrected chi connectivity index (χ3v) is 6.31. The predicted molar refractivity (Wildman–Crippen MR) is 141 cm³/mol. The molecule has 0 aliphatic carbocycles. The minimum atomic E-state index is -3.60. The molecule has 2 aromatic carbocycles. The van der Waals surface area contributed by atoms with Gasteiger partial charge >= 0.3 is 16.2 Å². The molecule has 1 fully saturated rings. The number of carbonyl (C=O) groups is 2. The number of benzene rings is 2. The van der Waals surface area contributed by atoms with Gasteiger partial charge in [0.05, 0.1) is 12.3 Å². The predicted octanol–water partition coefficient (Wildman–Crippen LogP) is 3.32. The summed E-state index contributed by atoms with van der Waals surface area (Å²) in [4.78, 5) is 25.8. The zero-order valence-corrected chi connectivity index (χ0v) is 22.8. The van der Waals surface area contributed by atoms with Gasteiger partial charge in [-0.05, 0) is 49.6 Å². The van der Waals surface area contributed by atoms with Gasteiger partial charge in [-0.2, -0.15) is 13.7 Å². The quantitative estimate of drug-likeness (QED) is 0.483. The number of nitrogens with one attached hydrogen (secondary N) is 2. The van der Waals surface area contributed by atoms with Gasteiger partial charge in [-0.15, -0.1) is 0 Å². The number of nitrogens with zero attached hydrogens (tertiary/aromatic N) is 1. The fourth-order valence-corrected chi connectivity index (χ4v) is 4.46. The first kappa shape index (κ1) is 28.9. The molecule has 0 radical (unpaired) electrons. The Morgan fingerprint density at radius 3 is 2.11 bits per heavy atom. The lowest BCUT2D eigenvalue weighted by atomic mass is 9.88. The summed E-state index contributed by atoms with van der Waals surface area (Å²) in [5, 5.41) is 15.2. The number of hydrogen-bond acceptors (Lipinski definition) is 8. The maximum Gasteiger partial charge on any atom is 0.408 e. The van der Waals surface area contributed by atoms with Crippen LogP contribution in [0.25, 0.3) is 11.1 Å². The second-order valence-electron chi connectivity index (χ2n) is 10.2. The van der Waals surface area contributed by atoms with Crippen molar-refractivity contribution in [3.63, 3.8) is 0 Å². The van der Waals surface area contributed by atoms with Crippen LogP contribution in [0.15, 0.2) is 48.5 Å². The molecule has 2 aromatic rings. The lowest BCUT2D eigenvalue weighted by molar-refractivity contribution is -0.132. The largest absolute Gasteiger partial charge is 0.444 e. The molecule has 1 saturated heterocycles. The van der Waals surface area contributed by atoms with E-state index in [2.05, 4.69) is 16.7 Å². The van der Waals surface area contributed by atoms with Crippen molar-refractivity contribution >= 4 is 22.1 Å². The normalized spacial score (nSPS) is 16.0. The van der Waals surface area contributed by atoms with Crippen molar-refractivity contribution < 1.29 is 31.7 Å². The minimum Gasteiger partial charge on any atom is -0.444 e. The fourth-order valence-electron chi connectivity index (χ4n) is 4.00. The Labute approximate surface area is 223 Å². The Hall–Kier alpha value is -3.62. The molecule has 1 atom stereocenters. The average molecular weight is 544 g/mol. The summed E-state index contributed by atoms with van der Waals surface area (Å²) in [7, 11) is -3.60. The summed E-state index contributed by atoms with van der Waals surface area (Å²) in [5.41, 5.74) is 0.628. The molecule has 0 saturated carbocycles. The highest BCUT2D eigenvalue weighted by atomic mass is 32.2. The van der Waals surface area contributed by atoms with Gasteiger partial charge in [0.2, 0.25) is 5.91 Å². The standard InChI is InChI=1S/C27H33N3O7S/c1-26(2,3)36-25(32)30-27(13-15-35-16-14-27)24(31)29-22(18-28)17-19-5-7-20(8-6-19)21-9-11-23(12-10-21)37-38(4,33)34/h5-12,22H,13-17H2,1-4H3,(H,29,31)(H,30,32)/t22-/m0/s1. The van der Waals surface area contributed by atoms with E-state index < -0.39 is 39.3 Å². The van der Waals surface area contributed by atoms with E-state index in [9.17, 15) is 23.3 Å². The second kappa shape index (κ2) is 11.8. The van der Waals surface area contributed by atoms with Crippen LogP contribution in [0, 0.1) is 11.3 Å². The summed E-state index contributed by atoms with van der Waals surface area (Å²) < 4.78 is 38.2. The molecule has 38 heavy (non-hydrogen) atoms. The van der Waals surface area contributed by atoms with Crippen molar-refractivity contribution in [2.75, 3.05) is 19.5 Å². The van der Waals surface area contributed by atoms with Crippen LogP contribution in [0.2, 0.25) is 0 Å². The third-order valence-electron chi connectivity index (χ3n) is 5.81. The van der Waals surface area contributed by atoms with Crippen LogP contribution in [0.1, 0.15) is 39.2 Å². The Bertz CT molecular complexity index is 1270.